The molecule has 0 amide bonds. The van der Waals surface area contributed by atoms with Crippen LogP contribution in [0.1, 0.15) is 5.56 Å². The van der Waals surface area contributed by atoms with Gasteiger partial charge in [-0.25, -0.2) is 9.67 Å². The van der Waals surface area contributed by atoms with E-state index in [1.165, 1.54) is 23.0 Å². The van der Waals surface area contributed by atoms with Crippen molar-refractivity contribution in [2.45, 2.75) is 24.8 Å². The summed E-state index contributed by atoms with van der Waals surface area (Å²) in [6.45, 7) is -1.72. The molecule has 0 aliphatic heterocycles. The molecule has 0 N–H and O–H groups in total. The van der Waals surface area contributed by atoms with E-state index in [-0.39, 0.29) is 22.2 Å². The van der Waals surface area contributed by atoms with Crippen LogP contribution in [-0.4, -0.2) is 36.6 Å². The number of hydrogen-bond acceptors (Lipinski definition) is 3. The summed E-state index contributed by atoms with van der Waals surface area (Å²) in [5.41, 5.74) is -0.901. The Labute approximate surface area is 161 Å². The molecule has 3 aromatic heterocycles. The summed E-state index contributed by atoms with van der Waals surface area (Å²) in [5.74, 6) is -4.87. The first kappa shape index (κ1) is 20.0. The number of aromatic nitrogens is 5. The molecule has 4 aromatic rings. The van der Waals surface area contributed by atoms with Gasteiger partial charge in [0.2, 0.25) is 0 Å². The van der Waals surface area contributed by atoms with Gasteiger partial charge in [-0.2, -0.15) is 45.3 Å². The van der Waals surface area contributed by atoms with Crippen LogP contribution in [0.25, 0.3) is 27.6 Å². The standard InChI is InChI=1S/C17H9F8N5/c18-15(19,17(23,24)25)8-30-13-6-26-14(3-10(13)5-27-30)29-7-9-1-2-11(16(20,21)22)4-12(9)28-29/h1-7H,8H2. The molecule has 0 bridgehead atoms. The molecule has 13 heteroatoms. The van der Waals surface area contributed by atoms with Gasteiger partial charge in [0.05, 0.1) is 29.0 Å². The molecule has 0 radical (unpaired) electrons. The summed E-state index contributed by atoms with van der Waals surface area (Å²) in [7, 11) is 0. The molecule has 0 spiro atoms. The number of benzene rings is 1. The zero-order valence-corrected chi connectivity index (χ0v) is 14.5. The summed E-state index contributed by atoms with van der Waals surface area (Å²) < 4.78 is 104. The van der Waals surface area contributed by atoms with Crippen molar-refractivity contribution in [3.8, 4) is 5.82 Å². The third-order valence-corrected chi connectivity index (χ3v) is 4.35. The van der Waals surface area contributed by atoms with Crippen LogP contribution in [0.3, 0.4) is 0 Å². The fourth-order valence-corrected chi connectivity index (χ4v) is 2.80. The second-order valence-corrected chi connectivity index (χ2v) is 6.45. The summed E-state index contributed by atoms with van der Waals surface area (Å²) in [6, 6.07) is 4.32. The molecule has 3 heterocycles. The van der Waals surface area contributed by atoms with Crippen molar-refractivity contribution in [3.05, 3.63) is 48.4 Å². The van der Waals surface area contributed by atoms with E-state index >= 15 is 0 Å². The van der Waals surface area contributed by atoms with Gasteiger partial charge < -0.3 is 0 Å². The largest absolute Gasteiger partial charge is 0.455 e. The molecule has 0 atom stereocenters. The first-order valence-corrected chi connectivity index (χ1v) is 8.18. The smallest absolute Gasteiger partial charge is 0.257 e. The molecule has 1 aromatic carbocycles. The lowest BCUT2D eigenvalue weighted by atomic mass is 10.1. The third-order valence-electron chi connectivity index (χ3n) is 4.35. The Hall–Kier alpha value is -3.25. The van der Waals surface area contributed by atoms with Gasteiger partial charge in [0.1, 0.15) is 6.54 Å². The van der Waals surface area contributed by atoms with Crippen LogP contribution in [0.2, 0.25) is 0 Å². The monoisotopic (exact) mass is 435 g/mol. The summed E-state index contributed by atoms with van der Waals surface area (Å²) in [4.78, 5) is 3.96. The topological polar surface area (TPSA) is 48.5 Å². The van der Waals surface area contributed by atoms with E-state index in [1.54, 1.807) is 0 Å². The Morgan fingerprint density at radius 1 is 0.867 bits per heavy atom. The maximum atomic E-state index is 13.3. The van der Waals surface area contributed by atoms with Crippen molar-refractivity contribution < 1.29 is 35.1 Å². The van der Waals surface area contributed by atoms with Crippen LogP contribution in [-0.2, 0) is 12.7 Å². The minimum atomic E-state index is -5.73. The van der Waals surface area contributed by atoms with Gasteiger partial charge in [0, 0.05) is 17.0 Å². The Morgan fingerprint density at radius 2 is 1.60 bits per heavy atom. The molecule has 30 heavy (non-hydrogen) atoms. The van der Waals surface area contributed by atoms with E-state index in [4.69, 9.17) is 0 Å². The molecule has 0 aliphatic rings. The zero-order chi connectivity index (χ0) is 21.9. The van der Waals surface area contributed by atoms with Crippen LogP contribution in [0.15, 0.2) is 42.9 Å². The van der Waals surface area contributed by atoms with Crippen LogP contribution >= 0.6 is 0 Å². The molecule has 0 fully saturated rings. The second kappa shape index (κ2) is 6.37. The predicted molar refractivity (Wildman–Crippen MR) is 88.2 cm³/mol. The summed E-state index contributed by atoms with van der Waals surface area (Å²) in [6.07, 6.45) is -6.74. The highest BCUT2D eigenvalue weighted by molar-refractivity contribution is 5.81. The van der Waals surface area contributed by atoms with Gasteiger partial charge in [-0.3, -0.25) is 4.68 Å². The number of nitrogens with zero attached hydrogens (tertiary/aromatic N) is 5. The van der Waals surface area contributed by atoms with Crippen LogP contribution in [0, 0.1) is 0 Å². The number of hydrogen-bond donors (Lipinski definition) is 0. The summed E-state index contributed by atoms with van der Waals surface area (Å²) in [5, 5.41) is 8.17. The lowest BCUT2D eigenvalue weighted by Crippen LogP contribution is -2.40. The number of rotatable bonds is 3. The lowest BCUT2D eigenvalue weighted by molar-refractivity contribution is -0.287. The molecule has 0 aliphatic carbocycles. The predicted octanol–water partition coefficient (Wildman–Crippen LogP) is 4.99. The first-order chi connectivity index (χ1) is 13.8. The fraction of sp³-hybridized carbons (Fsp3) is 0.235. The van der Waals surface area contributed by atoms with Crippen LogP contribution in [0.4, 0.5) is 35.1 Å². The van der Waals surface area contributed by atoms with E-state index < -0.39 is 30.4 Å². The van der Waals surface area contributed by atoms with Crippen LogP contribution in [0.5, 0.6) is 0 Å². The number of fused-ring (bicyclic) bond motifs is 2. The van der Waals surface area contributed by atoms with Gasteiger partial charge in [-0.05, 0) is 18.2 Å². The number of alkyl halides is 8. The highest BCUT2D eigenvalue weighted by Crippen LogP contribution is 2.37. The van der Waals surface area contributed by atoms with Gasteiger partial charge in [-0.15, -0.1) is 0 Å². The quantitative estimate of drug-likeness (QED) is 0.427. The highest BCUT2D eigenvalue weighted by Gasteiger charge is 2.57. The fourth-order valence-electron chi connectivity index (χ4n) is 2.80. The minimum absolute atomic E-state index is 0.0484. The molecule has 4 rings (SSSR count). The van der Waals surface area contributed by atoms with Crippen LogP contribution < -0.4 is 0 Å². The van der Waals surface area contributed by atoms with Gasteiger partial charge >= 0.3 is 18.3 Å². The Balaban J connectivity index is 1.69. The van der Waals surface area contributed by atoms with E-state index in [2.05, 4.69) is 15.2 Å². The summed E-state index contributed by atoms with van der Waals surface area (Å²) >= 11 is 0. The molecular weight excluding hydrogens is 426 g/mol. The molecule has 158 valence electrons. The average Bonchev–Trinajstić information content (AvgIpc) is 3.22. The Bertz CT molecular complexity index is 1230. The molecule has 0 unspecified atom stereocenters. The second-order valence-electron chi connectivity index (χ2n) is 6.45. The Kier molecular flexibility index (Phi) is 4.26. The van der Waals surface area contributed by atoms with Crippen molar-refractivity contribution in [3.63, 3.8) is 0 Å². The lowest BCUT2D eigenvalue weighted by Gasteiger charge is -2.19. The van der Waals surface area contributed by atoms with Crippen molar-refractivity contribution >= 4 is 21.8 Å². The van der Waals surface area contributed by atoms with Crippen molar-refractivity contribution in [2.24, 2.45) is 0 Å². The van der Waals surface area contributed by atoms with E-state index in [0.717, 1.165) is 24.5 Å². The highest BCUT2D eigenvalue weighted by atomic mass is 19.4. The average molecular weight is 435 g/mol. The minimum Gasteiger partial charge on any atom is -0.257 e. The van der Waals surface area contributed by atoms with E-state index in [1.807, 2.05) is 0 Å². The van der Waals surface area contributed by atoms with Crippen molar-refractivity contribution in [1.82, 2.24) is 24.5 Å². The molecule has 0 saturated carbocycles. The van der Waals surface area contributed by atoms with Gasteiger partial charge in [0.25, 0.3) is 0 Å². The first-order valence-electron chi connectivity index (χ1n) is 8.18. The van der Waals surface area contributed by atoms with Crippen molar-refractivity contribution in [1.29, 1.82) is 0 Å². The number of halogens is 8. The van der Waals surface area contributed by atoms with E-state index in [9.17, 15) is 35.1 Å². The van der Waals surface area contributed by atoms with Gasteiger partial charge in [0.15, 0.2) is 5.82 Å². The number of pyridine rings is 1. The third kappa shape index (κ3) is 3.44. The molecule has 0 saturated heterocycles. The van der Waals surface area contributed by atoms with Gasteiger partial charge in [-0.1, -0.05) is 6.07 Å². The SMILES string of the molecule is FC(F)(F)c1ccc2cn(-c3cc4cnn(CC(F)(F)C(F)(F)F)c4cn3)nc2c1. The molecule has 5 nitrogen and oxygen atoms in total. The maximum Gasteiger partial charge on any atom is 0.455 e. The zero-order valence-electron chi connectivity index (χ0n) is 14.5. The Morgan fingerprint density at radius 3 is 2.27 bits per heavy atom. The molecular formula is C17H9F8N5. The van der Waals surface area contributed by atoms with E-state index in [0.29, 0.717) is 10.1 Å². The van der Waals surface area contributed by atoms with Crippen molar-refractivity contribution in [2.75, 3.05) is 0 Å². The maximum absolute atomic E-state index is 13.3. The normalized spacial score (nSPS) is 13.5.